The van der Waals surface area contributed by atoms with Crippen molar-refractivity contribution in [2.24, 2.45) is 0 Å². The molecule has 0 spiro atoms. The Kier molecular flexibility index (Phi) is 7.28. The Bertz CT molecular complexity index is 1590. The van der Waals surface area contributed by atoms with E-state index in [0.29, 0.717) is 48.8 Å². The van der Waals surface area contributed by atoms with E-state index < -0.39 is 5.60 Å². The number of amides is 1. The van der Waals surface area contributed by atoms with E-state index in [2.05, 4.69) is 47.4 Å². The maximum Gasteiger partial charge on any atom is 0.410 e. The topological polar surface area (TPSA) is 123 Å². The average Bonchev–Trinajstić information content (AvgIpc) is 3.38. The second-order valence-corrected chi connectivity index (χ2v) is 11.8. The Balaban J connectivity index is 1.30. The van der Waals surface area contributed by atoms with Gasteiger partial charge in [0.15, 0.2) is 17.9 Å². The van der Waals surface area contributed by atoms with E-state index in [9.17, 15) is 4.79 Å². The van der Waals surface area contributed by atoms with Crippen LogP contribution in [0.5, 0.6) is 0 Å². The first-order valence-electron chi connectivity index (χ1n) is 13.9. The fourth-order valence-electron chi connectivity index (χ4n) is 5.31. The van der Waals surface area contributed by atoms with Crippen LogP contribution in [0.15, 0.2) is 24.7 Å². The van der Waals surface area contributed by atoms with Crippen LogP contribution in [0.4, 0.5) is 22.1 Å². The molecule has 2 saturated heterocycles. The fourth-order valence-corrected chi connectivity index (χ4v) is 5.47. The summed E-state index contributed by atoms with van der Waals surface area (Å²) in [6.45, 7) is 10.5. The lowest BCUT2D eigenvalue weighted by Crippen LogP contribution is -2.50. The molecule has 3 aromatic heterocycles. The third-order valence-electron chi connectivity index (χ3n) is 7.33. The summed E-state index contributed by atoms with van der Waals surface area (Å²) in [7, 11) is 0. The molecule has 0 radical (unpaired) electrons. The van der Waals surface area contributed by atoms with E-state index in [1.54, 1.807) is 4.90 Å². The summed E-state index contributed by atoms with van der Waals surface area (Å²) in [5.41, 5.74) is 3.44. The highest BCUT2D eigenvalue weighted by Crippen LogP contribution is 2.35. The van der Waals surface area contributed by atoms with Gasteiger partial charge in [0.1, 0.15) is 23.0 Å². The SMILES string of the molecule is Cc1ccc2c(cnn2C2CCCCO2)c1Nc1ncnc2c(N3CCN(C(=O)OC(C)(C)C)CC3)nc(Cl)nc12. The van der Waals surface area contributed by atoms with Gasteiger partial charge in [0.25, 0.3) is 0 Å². The van der Waals surface area contributed by atoms with Crippen molar-refractivity contribution in [3.63, 3.8) is 0 Å². The number of fused-ring (bicyclic) bond motifs is 2. The predicted molar refractivity (Wildman–Crippen MR) is 157 cm³/mol. The highest BCUT2D eigenvalue weighted by Gasteiger charge is 2.28. The van der Waals surface area contributed by atoms with Crippen molar-refractivity contribution in [3.8, 4) is 0 Å². The molecule has 0 bridgehead atoms. The molecule has 216 valence electrons. The van der Waals surface area contributed by atoms with Gasteiger partial charge in [-0.25, -0.2) is 24.4 Å². The third-order valence-corrected chi connectivity index (χ3v) is 7.50. The van der Waals surface area contributed by atoms with Crippen LogP contribution >= 0.6 is 11.6 Å². The molecule has 41 heavy (non-hydrogen) atoms. The number of benzene rings is 1. The first-order valence-corrected chi connectivity index (χ1v) is 14.3. The van der Waals surface area contributed by atoms with Gasteiger partial charge >= 0.3 is 6.09 Å². The van der Waals surface area contributed by atoms with Crippen molar-refractivity contribution in [2.45, 2.75) is 58.8 Å². The molecule has 1 amide bonds. The van der Waals surface area contributed by atoms with Crippen molar-refractivity contribution in [3.05, 3.63) is 35.5 Å². The normalized spacial score (nSPS) is 18.2. The minimum absolute atomic E-state index is 0.0680. The zero-order valence-corrected chi connectivity index (χ0v) is 24.5. The van der Waals surface area contributed by atoms with Gasteiger partial charge in [0.2, 0.25) is 5.28 Å². The molecule has 0 aliphatic carbocycles. The number of nitrogens with one attached hydrogen (secondary N) is 1. The van der Waals surface area contributed by atoms with Gasteiger partial charge in [-0.3, -0.25) is 0 Å². The Labute approximate surface area is 243 Å². The second-order valence-electron chi connectivity index (χ2n) is 11.4. The summed E-state index contributed by atoms with van der Waals surface area (Å²) < 4.78 is 13.5. The molecule has 13 heteroatoms. The first-order chi connectivity index (χ1) is 19.7. The van der Waals surface area contributed by atoms with Crippen LogP contribution in [0.2, 0.25) is 5.28 Å². The number of aryl methyl sites for hydroxylation is 1. The number of rotatable bonds is 4. The molecule has 1 atom stereocenters. The maximum absolute atomic E-state index is 12.6. The zero-order chi connectivity index (χ0) is 28.7. The molecular formula is C28H34ClN9O3. The number of hydrogen-bond acceptors (Lipinski definition) is 10. The Morgan fingerprint density at radius 3 is 2.63 bits per heavy atom. The molecule has 4 aromatic rings. The van der Waals surface area contributed by atoms with E-state index in [1.807, 2.05) is 38.6 Å². The minimum Gasteiger partial charge on any atom is -0.444 e. The van der Waals surface area contributed by atoms with Crippen LogP contribution in [0.25, 0.3) is 21.9 Å². The van der Waals surface area contributed by atoms with Gasteiger partial charge < -0.3 is 24.6 Å². The lowest BCUT2D eigenvalue weighted by atomic mass is 10.1. The van der Waals surface area contributed by atoms with Crippen LogP contribution in [-0.4, -0.2) is 79.1 Å². The first kappa shape index (κ1) is 27.4. The number of nitrogens with zero attached hydrogens (tertiary/aromatic N) is 8. The maximum atomic E-state index is 12.6. The zero-order valence-electron chi connectivity index (χ0n) is 23.7. The minimum atomic E-state index is -0.546. The van der Waals surface area contributed by atoms with Crippen LogP contribution in [0.1, 0.15) is 51.8 Å². The molecule has 5 heterocycles. The lowest BCUT2D eigenvalue weighted by molar-refractivity contribution is -0.0366. The van der Waals surface area contributed by atoms with Crippen LogP contribution in [0.3, 0.4) is 0 Å². The number of halogens is 1. The number of aromatic nitrogens is 6. The quantitative estimate of drug-likeness (QED) is 0.321. The molecule has 6 rings (SSSR count). The van der Waals surface area contributed by atoms with Crippen molar-refractivity contribution >= 4 is 57.0 Å². The molecule has 2 fully saturated rings. The number of carbonyl (C=O) groups is 1. The molecule has 2 aliphatic rings. The van der Waals surface area contributed by atoms with Crippen molar-refractivity contribution < 1.29 is 14.3 Å². The molecular weight excluding hydrogens is 546 g/mol. The smallest absolute Gasteiger partial charge is 0.410 e. The fraction of sp³-hybridized carbons (Fsp3) is 0.500. The van der Waals surface area contributed by atoms with Gasteiger partial charge in [0, 0.05) is 38.2 Å². The number of piperazine rings is 1. The van der Waals surface area contributed by atoms with Crippen molar-refractivity contribution in [2.75, 3.05) is 43.0 Å². The lowest BCUT2D eigenvalue weighted by Gasteiger charge is -2.36. The van der Waals surface area contributed by atoms with Crippen molar-refractivity contribution in [1.82, 2.24) is 34.6 Å². The Morgan fingerprint density at radius 1 is 1.10 bits per heavy atom. The van der Waals surface area contributed by atoms with Crippen molar-refractivity contribution in [1.29, 1.82) is 0 Å². The van der Waals surface area contributed by atoms with Crippen LogP contribution in [-0.2, 0) is 9.47 Å². The summed E-state index contributed by atoms with van der Waals surface area (Å²) in [6.07, 6.45) is 6.11. The van der Waals surface area contributed by atoms with Gasteiger partial charge in [-0.15, -0.1) is 0 Å². The standard InChI is InChI=1S/C28H34ClN9O3/c1-17-8-9-19-18(15-32-38(19)20-7-5-6-14-40-20)21(17)33-24-22-23(30-16-31-24)25(35-26(29)34-22)36-10-12-37(13-11-36)27(39)41-28(2,3)4/h8-9,15-16,20H,5-7,10-14H2,1-4H3,(H,30,31,33). The van der Waals surface area contributed by atoms with Gasteiger partial charge in [0.05, 0.1) is 17.4 Å². The summed E-state index contributed by atoms with van der Waals surface area (Å²) in [5, 5.41) is 9.23. The summed E-state index contributed by atoms with van der Waals surface area (Å²) >= 11 is 6.44. The Hall–Kier alpha value is -3.77. The van der Waals surface area contributed by atoms with Crippen LogP contribution < -0.4 is 10.2 Å². The molecule has 1 N–H and O–H groups in total. The molecule has 1 unspecified atom stereocenters. The van der Waals surface area contributed by atoms with E-state index >= 15 is 0 Å². The Morgan fingerprint density at radius 2 is 1.90 bits per heavy atom. The average molecular weight is 580 g/mol. The van der Waals surface area contributed by atoms with E-state index in [4.69, 9.17) is 21.1 Å². The second kappa shape index (κ2) is 10.9. The number of carbonyl (C=O) groups excluding carboxylic acids is 1. The number of anilines is 3. The summed E-state index contributed by atoms with van der Waals surface area (Å²) in [5.74, 6) is 1.12. The van der Waals surface area contributed by atoms with Crippen LogP contribution in [0, 0.1) is 6.92 Å². The highest BCUT2D eigenvalue weighted by atomic mass is 35.5. The largest absolute Gasteiger partial charge is 0.444 e. The molecule has 2 aliphatic heterocycles. The molecule has 12 nitrogen and oxygen atoms in total. The van der Waals surface area contributed by atoms with E-state index in [-0.39, 0.29) is 17.6 Å². The monoisotopic (exact) mass is 579 g/mol. The number of ether oxygens (including phenoxy) is 2. The molecule has 1 aromatic carbocycles. The summed E-state index contributed by atoms with van der Waals surface area (Å²) in [4.78, 5) is 34.4. The summed E-state index contributed by atoms with van der Waals surface area (Å²) in [6, 6.07) is 4.14. The van der Waals surface area contributed by atoms with Gasteiger partial charge in [-0.2, -0.15) is 10.1 Å². The van der Waals surface area contributed by atoms with E-state index in [0.717, 1.165) is 48.0 Å². The predicted octanol–water partition coefficient (Wildman–Crippen LogP) is 5.23. The van der Waals surface area contributed by atoms with E-state index in [1.165, 1.54) is 6.33 Å². The molecule has 0 saturated carbocycles. The van der Waals surface area contributed by atoms with Gasteiger partial charge in [-0.1, -0.05) is 6.07 Å². The van der Waals surface area contributed by atoms with Gasteiger partial charge in [-0.05, 0) is 70.2 Å². The highest BCUT2D eigenvalue weighted by molar-refractivity contribution is 6.29. The third kappa shape index (κ3) is 5.58. The number of hydrogen-bond donors (Lipinski definition) is 1.